The number of para-hydroxylation sites is 1. The van der Waals surface area contributed by atoms with Gasteiger partial charge in [0.05, 0.1) is 22.1 Å². The highest BCUT2D eigenvalue weighted by Gasteiger charge is 2.23. The number of hydrogen-bond acceptors (Lipinski definition) is 3. The van der Waals surface area contributed by atoms with Crippen molar-refractivity contribution in [1.29, 1.82) is 5.26 Å². The number of rotatable bonds is 3. The molecule has 6 rings (SSSR count). The summed E-state index contributed by atoms with van der Waals surface area (Å²) in [6.45, 7) is 4.18. The summed E-state index contributed by atoms with van der Waals surface area (Å²) in [7, 11) is 0. The van der Waals surface area contributed by atoms with E-state index in [0.717, 1.165) is 61.1 Å². The van der Waals surface area contributed by atoms with Gasteiger partial charge in [0.15, 0.2) is 0 Å². The first-order valence-corrected chi connectivity index (χ1v) is 11.8. The lowest BCUT2D eigenvalue weighted by atomic mass is 10.0. The first kappa shape index (κ1) is 21.2. The number of nitrogens with one attached hydrogen (secondary N) is 1. The molecule has 0 aliphatic carbocycles. The third kappa shape index (κ3) is 3.32. The van der Waals surface area contributed by atoms with Gasteiger partial charge in [0.25, 0.3) is 0 Å². The molecule has 0 bridgehead atoms. The lowest BCUT2D eigenvalue weighted by molar-refractivity contribution is 1.24. The number of hydrogen-bond donors (Lipinski definition) is 1. The second kappa shape index (κ2) is 8.16. The maximum Gasteiger partial charge on any atom is 0.125 e. The van der Waals surface area contributed by atoms with Gasteiger partial charge >= 0.3 is 0 Å². The molecule has 1 N–H and O–H groups in total. The zero-order valence-electron chi connectivity index (χ0n) is 19.3. The third-order valence-electron chi connectivity index (χ3n) is 6.58. The molecule has 0 spiro atoms. The van der Waals surface area contributed by atoms with Crippen LogP contribution >= 0.6 is 11.6 Å². The predicted octanol–water partition coefficient (Wildman–Crippen LogP) is 8.19. The second-order valence-corrected chi connectivity index (χ2v) is 9.18. The molecule has 0 amide bonds. The van der Waals surface area contributed by atoms with Gasteiger partial charge in [-0.2, -0.15) is 5.26 Å². The van der Waals surface area contributed by atoms with Gasteiger partial charge in [-0.05, 0) is 54.8 Å². The fraction of sp³-hybridized carbons (Fsp3) is 0.0667. The average Bonchev–Trinajstić information content (AvgIpc) is 3.19. The molecule has 0 aliphatic rings. The molecule has 4 nitrogen and oxygen atoms in total. The first-order valence-electron chi connectivity index (χ1n) is 11.4. The molecule has 0 aliphatic heterocycles. The molecule has 3 aromatic carbocycles. The highest BCUT2D eigenvalue weighted by molar-refractivity contribution is 6.31. The van der Waals surface area contributed by atoms with Gasteiger partial charge in [0.1, 0.15) is 11.9 Å². The minimum atomic E-state index is 0.593. The summed E-state index contributed by atoms with van der Waals surface area (Å²) in [5, 5.41) is 16.8. The van der Waals surface area contributed by atoms with Crippen LogP contribution in [0.15, 0.2) is 85.1 Å². The van der Waals surface area contributed by atoms with Crippen LogP contribution in [0.25, 0.3) is 38.4 Å². The van der Waals surface area contributed by atoms with E-state index in [1.807, 2.05) is 42.6 Å². The minimum absolute atomic E-state index is 0.593. The average molecular weight is 473 g/mol. The van der Waals surface area contributed by atoms with Crippen LogP contribution in [0, 0.1) is 25.2 Å². The monoisotopic (exact) mass is 472 g/mol. The van der Waals surface area contributed by atoms with Gasteiger partial charge in [-0.25, -0.2) is 0 Å². The van der Waals surface area contributed by atoms with Crippen molar-refractivity contribution < 1.29 is 0 Å². The second-order valence-electron chi connectivity index (χ2n) is 8.75. The van der Waals surface area contributed by atoms with Crippen LogP contribution in [0.1, 0.15) is 16.7 Å². The minimum Gasteiger partial charge on any atom is -0.340 e. The van der Waals surface area contributed by atoms with Crippen LogP contribution < -0.4 is 5.32 Å². The summed E-state index contributed by atoms with van der Waals surface area (Å²) >= 11 is 6.41. The summed E-state index contributed by atoms with van der Waals surface area (Å²) < 4.78 is 2.14. The Morgan fingerprint density at radius 1 is 0.886 bits per heavy atom. The fourth-order valence-corrected chi connectivity index (χ4v) is 5.14. The van der Waals surface area contributed by atoms with Crippen molar-refractivity contribution in [3.05, 3.63) is 107 Å². The zero-order chi connectivity index (χ0) is 24.1. The predicted molar refractivity (Wildman–Crippen MR) is 145 cm³/mol. The Balaban J connectivity index is 1.83. The molecule has 0 saturated carbocycles. The Kier molecular flexibility index (Phi) is 4.95. The Labute approximate surface area is 208 Å². The van der Waals surface area contributed by atoms with Crippen LogP contribution in [0.3, 0.4) is 0 Å². The first-order chi connectivity index (χ1) is 17.1. The van der Waals surface area contributed by atoms with Crippen molar-refractivity contribution >= 4 is 50.4 Å². The van der Waals surface area contributed by atoms with Gasteiger partial charge in [-0.1, -0.05) is 66.2 Å². The van der Waals surface area contributed by atoms with E-state index >= 15 is 0 Å². The van der Waals surface area contributed by atoms with Crippen molar-refractivity contribution in [2.75, 3.05) is 5.32 Å². The van der Waals surface area contributed by atoms with Crippen LogP contribution in [0.4, 0.5) is 11.5 Å². The van der Waals surface area contributed by atoms with Crippen LogP contribution in [-0.2, 0) is 0 Å². The Bertz CT molecular complexity index is 1800. The summed E-state index contributed by atoms with van der Waals surface area (Å²) in [6.07, 6.45) is 1.81. The molecule has 35 heavy (non-hydrogen) atoms. The zero-order valence-corrected chi connectivity index (χ0v) is 20.1. The highest BCUT2D eigenvalue weighted by Crippen LogP contribution is 2.42. The number of nitriles is 1. The van der Waals surface area contributed by atoms with Crippen molar-refractivity contribution in [2.24, 2.45) is 0 Å². The summed E-state index contributed by atoms with van der Waals surface area (Å²) in [6, 6.07) is 28.6. The van der Waals surface area contributed by atoms with Crippen molar-refractivity contribution in [1.82, 2.24) is 9.38 Å². The largest absolute Gasteiger partial charge is 0.340 e. The lowest BCUT2D eigenvalue weighted by Gasteiger charge is -2.16. The van der Waals surface area contributed by atoms with Crippen molar-refractivity contribution in [3.8, 4) is 17.2 Å². The SMILES string of the molecule is Cc1cccc(C)c1Nc1c(-c2cccc(Cl)c2)c(C#N)c2ccc3ccc4cccnc4c3n12. The molecular formula is C30H21ClN4. The molecule has 6 aromatic rings. The standard InChI is InChI=1S/C30H21ClN4/c1-18-6-3-7-19(2)27(18)34-30-26(22-8-4-10-23(31)16-22)24(17-32)25-14-13-21-12-11-20-9-5-15-33-28(20)29(21)35(25)30/h3-16,34H,1-2H3. The van der Waals surface area contributed by atoms with E-state index in [1.54, 1.807) is 0 Å². The number of aryl methyl sites for hydroxylation is 2. The smallest absolute Gasteiger partial charge is 0.125 e. The maximum absolute atomic E-state index is 10.4. The van der Waals surface area contributed by atoms with Gasteiger partial charge in [-0.3, -0.25) is 9.38 Å². The van der Waals surface area contributed by atoms with Gasteiger partial charge < -0.3 is 5.32 Å². The van der Waals surface area contributed by atoms with Crippen molar-refractivity contribution in [2.45, 2.75) is 13.8 Å². The van der Waals surface area contributed by atoms with E-state index < -0.39 is 0 Å². The normalized spacial score (nSPS) is 11.3. The molecule has 3 aromatic heterocycles. The van der Waals surface area contributed by atoms with Crippen LogP contribution in [-0.4, -0.2) is 9.38 Å². The van der Waals surface area contributed by atoms with E-state index in [9.17, 15) is 5.26 Å². The Morgan fingerprint density at radius 3 is 2.40 bits per heavy atom. The van der Waals surface area contributed by atoms with Crippen LogP contribution in [0.5, 0.6) is 0 Å². The number of anilines is 2. The molecule has 0 radical (unpaired) electrons. The van der Waals surface area contributed by atoms with Crippen LogP contribution in [0.2, 0.25) is 5.02 Å². The summed E-state index contributed by atoms with van der Waals surface area (Å²) in [4.78, 5) is 4.74. The van der Waals surface area contributed by atoms with E-state index in [1.165, 1.54) is 0 Å². The molecular weight excluding hydrogens is 452 g/mol. The number of halogens is 1. The molecule has 3 heterocycles. The third-order valence-corrected chi connectivity index (χ3v) is 6.82. The van der Waals surface area contributed by atoms with Crippen molar-refractivity contribution in [3.63, 3.8) is 0 Å². The number of benzene rings is 3. The highest BCUT2D eigenvalue weighted by atomic mass is 35.5. The number of nitrogens with zero attached hydrogens (tertiary/aromatic N) is 3. The van der Waals surface area contributed by atoms with E-state index in [-0.39, 0.29) is 0 Å². The lowest BCUT2D eigenvalue weighted by Crippen LogP contribution is -2.02. The quantitative estimate of drug-likeness (QED) is 0.264. The maximum atomic E-state index is 10.4. The van der Waals surface area contributed by atoms with E-state index in [4.69, 9.17) is 16.6 Å². The topological polar surface area (TPSA) is 53.1 Å². The molecule has 168 valence electrons. The molecule has 0 atom stereocenters. The van der Waals surface area contributed by atoms with Gasteiger partial charge in [-0.15, -0.1) is 0 Å². The molecule has 5 heteroatoms. The summed E-state index contributed by atoms with van der Waals surface area (Å²) in [5.74, 6) is 0.819. The number of aromatic nitrogens is 2. The van der Waals surface area contributed by atoms with E-state index in [0.29, 0.717) is 10.6 Å². The molecule has 0 unspecified atom stereocenters. The fourth-order valence-electron chi connectivity index (χ4n) is 4.95. The van der Waals surface area contributed by atoms with Gasteiger partial charge in [0.2, 0.25) is 0 Å². The molecule has 0 saturated heterocycles. The number of pyridine rings is 2. The Morgan fingerprint density at radius 2 is 1.63 bits per heavy atom. The molecule has 0 fully saturated rings. The number of fused-ring (bicyclic) bond motifs is 5. The summed E-state index contributed by atoms with van der Waals surface area (Å²) in [5.41, 5.74) is 8.22. The van der Waals surface area contributed by atoms with Gasteiger partial charge in [0, 0.05) is 33.2 Å². The van der Waals surface area contributed by atoms with E-state index in [2.05, 4.69) is 72.1 Å². The Hall–Kier alpha value is -4.33.